The van der Waals surface area contributed by atoms with Crippen molar-refractivity contribution >= 4 is 35.6 Å². The second-order valence-corrected chi connectivity index (χ2v) is 6.69. The average Bonchev–Trinajstić information content (AvgIpc) is 3.17. The van der Waals surface area contributed by atoms with E-state index >= 15 is 0 Å². The lowest BCUT2D eigenvalue weighted by Gasteiger charge is -2.20. The van der Waals surface area contributed by atoms with E-state index in [4.69, 9.17) is 15.2 Å². The number of guanidine groups is 1. The van der Waals surface area contributed by atoms with Crippen molar-refractivity contribution in [3.8, 4) is 11.5 Å². The smallest absolute Gasteiger partial charge is 0.193 e. The van der Waals surface area contributed by atoms with Crippen LogP contribution in [0.1, 0.15) is 32.1 Å². The van der Waals surface area contributed by atoms with E-state index in [1.807, 2.05) is 18.2 Å². The van der Waals surface area contributed by atoms with Gasteiger partial charge in [0.05, 0.1) is 14.2 Å². The molecule has 2 bridgehead atoms. The second-order valence-electron chi connectivity index (χ2n) is 6.69. The fraction of sp³-hybridized carbons (Fsp3) is 0.611. The van der Waals surface area contributed by atoms with Crippen molar-refractivity contribution in [2.75, 3.05) is 26.1 Å². The van der Waals surface area contributed by atoms with Gasteiger partial charge in [0.15, 0.2) is 17.5 Å². The standard InChI is InChI=1S/C18H27N3O2.HI/c1-22-16-6-5-15(11-17(16)23-2)21-18(19)20-8-7-14-10-12-3-4-13(14)9-12;/h5-6,11-14H,3-4,7-10H2,1-2H3,(H3,19,20,21);1H. The topological polar surface area (TPSA) is 68.9 Å². The molecular weight excluding hydrogens is 417 g/mol. The molecule has 5 nitrogen and oxygen atoms in total. The summed E-state index contributed by atoms with van der Waals surface area (Å²) in [6.07, 6.45) is 6.90. The molecule has 1 aromatic rings. The monoisotopic (exact) mass is 445 g/mol. The largest absolute Gasteiger partial charge is 0.493 e. The zero-order valence-electron chi connectivity index (χ0n) is 14.5. The number of hydrogen-bond acceptors (Lipinski definition) is 3. The maximum atomic E-state index is 6.00. The van der Waals surface area contributed by atoms with Gasteiger partial charge in [-0.2, -0.15) is 0 Å². The zero-order valence-corrected chi connectivity index (χ0v) is 16.8. The number of halogens is 1. The quantitative estimate of drug-likeness (QED) is 0.396. The first kappa shape index (κ1) is 19.1. The van der Waals surface area contributed by atoms with E-state index < -0.39 is 0 Å². The normalized spacial score (nSPS) is 25.2. The summed E-state index contributed by atoms with van der Waals surface area (Å²) in [5.74, 6) is 4.65. The first-order chi connectivity index (χ1) is 11.2. The van der Waals surface area contributed by atoms with Crippen LogP contribution in [-0.2, 0) is 0 Å². The fourth-order valence-electron chi connectivity index (χ4n) is 4.18. The van der Waals surface area contributed by atoms with Gasteiger partial charge < -0.3 is 20.5 Å². The van der Waals surface area contributed by atoms with Gasteiger partial charge in [-0.3, -0.25) is 4.99 Å². The summed E-state index contributed by atoms with van der Waals surface area (Å²) in [5, 5.41) is 3.12. The van der Waals surface area contributed by atoms with E-state index in [0.717, 1.165) is 36.4 Å². The Balaban J connectivity index is 0.00000208. The third kappa shape index (κ3) is 4.46. The lowest BCUT2D eigenvalue weighted by Crippen LogP contribution is -2.23. The highest BCUT2D eigenvalue weighted by atomic mass is 127. The second kappa shape index (κ2) is 8.78. The Labute approximate surface area is 161 Å². The van der Waals surface area contributed by atoms with Crippen LogP contribution in [0.3, 0.4) is 0 Å². The molecule has 6 heteroatoms. The van der Waals surface area contributed by atoms with Crippen LogP contribution in [-0.4, -0.2) is 26.7 Å². The molecule has 3 N–H and O–H groups in total. The molecule has 3 atom stereocenters. The number of rotatable bonds is 6. The number of nitrogens with zero attached hydrogens (tertiary/aromatic N) is 1. The summed E-state index contributed by atoms with van der Waals surface area (Å²) in [6.45, 7) is 0.806. The Hall–Kier alpha value is -1.18. The van der Waals surface area contributed by atoms with Gasteiger partial charge >= 0.3 is 0 Å². The van der Waals surface area contributed by atoms with E-state index in [1.165, 1.54) is 25.7 Å². The molecule has 134 valence electrons. The van der Waals surface area contributed by atoms with Gasteiger partial charge in [-0.05, 0) is 55.6 Å². The van der Waals surface area contributed by atoms with Crippen LogP contribution in [0.25, 0.3) is 0 Å². The lowest BCUT2D eigenvalue weighted by atomic mass is 9.86. The Morgan fingerprint density at radius 3 is 2.62 bits per heavy atom. The molecule has 1 aromatic carbocycles. The summed E-state index contributed by atoms with van der Waals surface area (Å²) in [5.41, 5.74) is 6.85. The summed E-state index contributed by atoms with van der Waals surface area (Å²) in [4.78, 5) is 4.48. The highest BCUT2D eigenvalue weighted by Gasteiger charge is 2.38. The number of nitrogens with two attached hydrogens (primary N) is 1. The third-order valence-corrected chi connectivity index (χ3v) is 5.32. The highest BCUT2D eigenvalue weighted by Crippen LogP contribution is 2.49. The van der Waals surface area contributed by atoms with Crippen molar-refractivity contribution in [1.29, 1.82) is 0 Å². The van der Waals surface area contributed by atoms with E-state index in [9.17, 15) is 0 Å². The number of ether oxygens (including phenoxy) is 2. The van der Waals surface area contributed by atoms with Crippen LogP contribution >= 0.6 is 24.0 Å². The molecular formula is C18H28IN3O2. The Morgan fingerprint density at radius 1 is 1.21 bits per heavy atom. The van der Waals surface area contributed by atoms with Crippen molar-refractivity contribution in [1.82, 2.24) is 0 Å². The molecule has 2 aliphatic carbocycles. The maximum absolute atomic E-state index is 6.00. The van der Waals surface area contributed by atoms with Crippen LogP contribution in [0.2, 0.25) is 0 Å². The van der Waals surface area contributed by atoms with Crippen LogP contribution in [0.4, 0.5) is 5.69 Å². The first-order valence-corrected chi connectivity index (χ1v) is 8.48. The lowest BCUT2D eigenvalue weighted by molar-refractivity contribution is 0.318. The van der Waals surface area contributed by atoms with Gasteiger partial charge in [-0.1, -0.05) is 6.42 Å². The zero-order chi connectivity index (χ0) is 16.2. The number of nitrogens with one attached hydrogen (secondary N) is 1. The van der Waals surface area contributed by atoms with Crippen molar-refractivity contribution < 1.29 is 9.47 Å². The predicted molar refractivity (Wildman–Crippen MR) is 109 cm³/mol. The Morgan fingerprint density at radius 2 is 2.00 bits per heavy atom. The summed E-state index contributed by atoms with van der Waals surface area (Å²) in [7, 11) is 3.24. The summed E-state index contributed by atoms with van der Waals surface area (Å²) >= 11 is 0. The molecule has 0 aromatic heterocycles. The van der Waals surface area contributed by atoms with Crippen LogP contribution < -0.4 is 20.5 Å². The highest BCUT2D eigenvalue weighted by molar-refractivity contribution is 14.0. The van der Waals surface area contributed by atoms with Crippen LogP contribution in [0.5, 0.6) is 11.5 Å². The van der Waals surface area contributed by atoms with Crippen molar-refractivity contribution in [3.05, 3.63) is 18.2 Å². The molecule has 0 spiro atoms. The summed E-state index contributed by atoms with van der Waals surface area (Å²) in [6, 6.07) is 5.61. The predicted octanol–water partition coefficient (Wildman–Crippen LogP) is 3.87. The minimum Gasteiger partial charge on any atom is -0.493 e. The van der Waals surface area contributed by atoms with Gasteiger partial charge in [0, 0.05) is 18.3 Å². The Kier molecular flexibility index (Phi) is 7.01. The molecule has 0 heterocycles. The number of anilines is 1. The fourth-order valence-corrected chi connectivity index (χ4v) is 4.18. The van der Waals surface area contributed by atoms with E-state index in [-0.39, 0.29) is 24.0 Å². The Bertz CT molecular complexity index is 579. The molecule has 2 saturated carbocycles. The molecule has 2 fully saturated rings. The third-order valence-electron chi connectivity index (χ3n) is 5.32. The molecule has 0 saturated heterocycles. The van der Waals surface area contributed by atoms with Crippen LogP contribution in [0.15, 0.2) is 23.2 Å². The van der Waals surface area contributed by atoms with Gasteiger partial charge in [0.2, 0.25) is 0 Å². The van der Waals surface area contributed by atoms with Crippen molar-refractivity contribution in [2.45, 2.75) is 32.1 Å². The van der Waals surface area contributed by atoms with Crippen molar-refractivity contribution in [2.24, 2.45) is 28.5 Å². The number of fused-ring (bicyclic) bond motifs is 2. The van der Waals surface area contributed by atoms with Gasteiger partial charge in [-0.25, -0.2) is 0 Å². The van der Waals surface area contributed by atoms with E-state index in [1.54, 1.807) is 14.2 Å². The molecule has 0 amide bonds. The van der Waals surface area contributed by atoms with Crippen molar-refractivity contribution in [3.63, 3.8) is 0 Å². The number of aliphatic imine (C=N–C) groups is 1. The molecule has 0 aliphatic heterocycles. The average molecular weight is 445 g/mol. The van der Waals surface area contributed by atoms with Gasteiger partial charge in [-0.15, -0.1) is 24.0 Å². The van der Waals surface area contributed by atoms with Gasteiger partial charge in [0.1, 0.15) is 0 Å². The summed E-state index contributed by atoms with van der Waals surface area (Å²) < 4.78 is 10.5. The first-order valence-electron chi connectivity index (χ1n) is 8.48. The van der Waals surface area contributed by atoms with Crippen LogP contribution in [0, 0.1) is 17.8 Å². The van der Waals surface area contributed by atoms with E-state index in [2.05, 4.69) is 10.3 Å². The molecule has 3 rings (SSSR count). The number of benzene rings is 1. The minimum absolute atomic E-state index is 0. The number of methoxy groups -OCH3 is 2. The van der Waals surface area contributed by atoms with E-state index in [0.29, 0.717) is 17.5 Å². The number of hydrogen-bond donors (Lipinski definition) is 2. The SMILES string of the molecule is COc1ccc(NC(N)=NCCC2CC3CCC2C3)cc1OC.I. The minimum atomic E-state index is 0. The molecule has 24 heavy (non-hydrogen) atoms. The molecule has 0 radical (unpaired) electrons. The van der Waals surface area contributed by atoms with Gasteiger partial charge in [0.25, 0.3) is 0 Å². The molecule has 2 aliphatic rings. The molecule has 3 unspecified atom stereocenters. The maximum Gasteiger partial charge on any atom is 0.193 e.